The number of ether oxygens (including phenoxy) is 1. The molecule has 5 heteroatoms. The Morgan fingerprint density at radius 1 is 1.37 bits per heavy atom. The summed E-state index contributed by atoms with van der Waals surface area (Å²) < 4.78 is 5.08. The summed E-state index contributed by atoms with van der Waals surface area (Å²) in [4.78, 5) is 14.4. The Kier molecular flexibility index (Phi) is 5.22. The highest BCUT2D eigenvalue weighted by Gasteiger charge is 2.30. The van der Waals surface area contributed by atoms with Crippen molar-refractivity contribution in [1.82, 2.24) is 4.90 Å². The smallest absolute Gasteiger partial charge is 0.176 e. The zero-order valence-electron chi connectivity index (χ0n) is 10.9. The number of carbonyl (C=O) groups excluding carboxylic acids is 1. The summed E-state index contributed by atoms with van der Waals surface area (Å²) in [6.07, 6.45) is 2.33. The number of hydrogen-bond acceptors (Lipinski definition) is 3. The van der Waals surface area contributed by atoms with E-state index < -0.39 is 0 Å². The summed E-state index contributed by atoms with van der Waals surface area (Å²) >= 11 is 11.8. The Hall–Kier alpha value is -0.610. The Morgan fingerprint density at radius 2 is 2.11 bits per heavy atom. The van der Waals surface area contributed by atoms with E-state index in [9.17, 15) is 4.79 Å². The van der Waals surface area contributed by atoms with Gasteiger partial charge in [-0.2, -0.15) is 0 Å². The van der Waals surface area contributed by atoms with Gasteiger partial charge in [0.1, 0.15) is 0 Å². The van der Waals surface area contributed by atoms with Crippen LogP contribution >= 0.6 is 23.2 Å². The van der Waals surface area contributed by atoms with Crippen LogP contribution in [-0.2, 0) is 4.74 Å². The first-order valence-electron chi connectivity index (χ1n) is 6.33. The molecule has 0 amide bonds. The van der Waals surface area contributed by atoms with Crippen molar-refractivity contribution in [3.05, 3.63) is 33.8 Å². The van der Waals surface area contributed by atoms with Gasteiger partial charge in [0.05, 0.1) is 23.2 Å². The van der Waals surface area contributed by atoms with E-state index in [-0.39, 0.29) is 5.78 Å². The van der Waals surface area contributed by atoms with Gasteiger partial charge in [-0.1, -0.05) is 23.2 Å². The number of methoxy groups -OCH3 is 1. The second-order valence-corrected chi connectivity index (χ2v) is 5.56. The van der Waals surface area contributed by atoms with Crippen molar-refractivity contribution in [3.8, 4) is 0 Å². The van der Waals surface area contributed by atoms with Crippen molar-refractivity contribution in [1.29, 1.82) is 0 Å². The largest absolute Gasteiger partial charge is 0.383 e. The standard InChI is InChI=1S/C14H17Cl2NO2/c1-19-7-6-17(11-3-4-11)9-14(18)10-2-5-12(15)13(16)8-10/h2,5,8,11H,3-4,6-7,9H2,1H3. The average molecular weight is 302 g/mol. The van der Waals surface area contributed by atoms with Crippen LogP contribution in [0.5, 0.6) is 0 Å². The average Bonchev–Trinajstić information content (AvgIpc) is 3.21. The normalized spacial score (nSPS) is 14.9. The zero-order valence-corrected chi connectivity index (χ0v) is 12.4. The minimum Gasteiger partial charge on any atom is -0.383 e. The van der Waals surface area contributed by atoms with E-state index in [0.717, 1.165) is 6.54 Å². The van der Waals surface area contributed by atoms with Crippen LogP contribution in [0, 0.1) is 0 Å². The number of benzene rings is 1. The van der Waals surface area contributed by atoms with Gasteiger partial charge in [0.2, 0.25) is 0 Å². The minimum atomic E-state index is 0.0709. The van der Waals surface area contributed by atoms with Crippen LogP contribution in [0.25, 0.3) is 0 Å². The second kappa shape index (κ2) is 6.71. The lowest BCUT2D eigenvalue weighted by molar-refractivity contribution is 0.0886. The van der Waals surface area contributed by atoms with E-state index in [0.29, 0.717) is 34.8 Å². The first-order chi connectivity index (χ1) is 9.11. The SMILES string of the molecule is COCCN(CC(=O)c1ccc(Cl)c(Cl)c1)C1CC1. The van der Waals surface area contributed by atoms with Gasteiger partial charge >= 0.3 is 0 Å². The van der Waals surface area contributed by atoms with Crippen molar-refractivity contribution in [2.24, 2.45) is 0 Å². The minimum absolute atomic E-state index is 0.0709. The number of Topliss-reactive ketones (excluding diaryl/α,β-unsaturated/α-hetero) is 1. The van der Waals surface area contributed by atoms with Crippen molar-refractivity contribution < 1.29 is 9.53 Å². The number of hydrogen-bond donors (Lipinski definition) is 0. The van der Waals surface area contributed by atoms with Crippen LogP contribution in [0.4, 0.5) is 0 Å². The molecule has 1 fully saturated rings. The fourth-order valence-corrected chi connectivity index (χ4v) is 2.28. The molecule has 1 aromatic carbocycles. The molecule has 1 aliphatic rings. The van der Waals surface area contributed by atoms with Crippen LogP contribution in [0.3, 0.4) is 0 Å². The summed E-state index contributed by atoms with van der Waals surface area (Å²) in [6, 6.07) is 5.54. The predicted molar refractivity (Wildman–Crippen MR) is 77.3 cm³/mol. The molecule has 3 nitrogen and oxygen atoms in total. The van der Waals surface area contributed by atoms with Crippen molar-refractivity contribution in [2.75, 3.05) is 26.8 Å². The molecule has 1 aliphatic carbocycles. The van der Waals surface area contributed by atoms with E-state index >= 15 is 0 Å². The fourth-order valence-electron chi connectivity index (χ4n) is 1.98. The highest BCUT2D eigenvalue weighted by Crippen LogP contribution is 2.27. The maximum Gasteiger partial charge on any atom is 0.176 e. The van der Waals surface area contributed by atoms with Gasteiger partial charge in [0, 0.05) is 25.3 Å². The van der Waals surface area contributed by atoms with Gasteiger partial charge in [-0.25, -0.2) is 0 Å². The summed E-state index contributed by atoms with van der Waals surface area (Å²) in [7, 11) is 1.67. The summed E-state index contributed by atoms with van der Waals surface area (Å²) in [5.41, 5.74) is 0.609. The van der Waals surface area contributed by atoms with Gasteiger partial charge in [-0.15, -0.1) is 0 Å². The van der Waals surface area contributed by atoms with Gasteiger partial charge in [0.25, 0.3) is 0 Å². The van der Waals surface area contributed by atoms with Crippen LogP contribution in [-0.4, -0.2) is 43.5 Å². The number of halogens is 2. The van der Waals surface area contributed by atoms with Crippen LogP contribution in [0.2, 0.25) is 10.0 Å². The first kappa shape index (κ1) is 14.8. The van der Waals surface area contributed by atoms with Crippen molar-refractivity contribution in [3.63, 3.8) is 0 Å². The van der Waals surface area contributed by atoms with E-state index in [1.54, 1.807) is 25.3 Å². The lowest BCUT2D eigenvalue weighted by Crippen LogP contribution is -2.34. The Balaban J connectivity index is 1.99. The van der Waals surface area contributed by atoms with E-state index in [4.69, 9.17) is 27.9 Å². The summed E-state index contributed by atoms with van der Waals surface area (Å²) in [6.45, 7) is 1.84. The number of rotatable bonds is 7. The molecular weight excluding hydrogens is 285 g/mol. The topological polar surface area (TPSA) is 29.5 Å². The van der Waals surface area contributed by atoms with E-state index in [1.807, 2.05) is 0 Å². The van der Waals surface area contributed by atoms with E-state index in [1.165, 1.54) is 12.8 Å². The van der Waals surface area contributed by atoms with Crippen LogP contribution < -0.4 is 0 Å². The third kappa shape index (κ3) is 4.18. The molecule has 0 radical (unpaired) electrons. The monoisotopic (exact) mass is 301 g/mol. The quantitative estimate of drug-likeness (QED) is 0.724. The predicted octanol–water partition coefficient (Wildman–Crippen LogP) is 3.29. The lowest BCUT2D eigenvalue weighted by Gasteiger charge is -2.20. The molecule has 0 atom stereocenters. The summed E-state index contributed by atoms with van der Waals surface area (Å²) in [5.74, 6) is 0.0709. The zero-order chi connectivity index (χ0) is 13.8. The van der Waals surface area contributed by atoms with Crippen LogP contribution in [0.1, 0.15) is 23.2 Å². The Labute approximate surface area is 123 Å². The molecule has 0 N–H and O–H groups in total. The van der Waals surface area contributed by atoms with Gasteiger partial charge in [-0.3, -0.25) is 9.69 Å². The molecule has 104 valence electrons. The lowest BCUT2D eigenvalue weighted by atomic mass is 10.1. The Bertz CT molecular complexity index is 461. The first-order valence-corrected chi connectivity index (χ1v) is 7.08. The third-order valence-electron chi connectivity index (χ3n) is 3.23. The molecule has 19 heavy (non-hydrogen) atoms. The number of carbonyl (C=O) groups is 1. The molecule has 0 spiro atoms. The highest BCUT2D eigenvalue weighted by atomic mass is 35.5. The molecule has 0 bridgehead atoms. The maximum absolute atomic E-state index is 12.2. The molecule has 0 saturated heterocycles. The highest BCUT2D eigenvalue weighted by molar-refractivity contribution is 6.42. The van der Waals surface area contributed by atoms with Crippen molar-refractivity contribution in [2.45, 2.75) is 18.9 Å². The fraction of sp³-hybridized carbons (Fsp3) is 0.500. The molecule has 2 rings (SSSR count). The number of ketones is 1. The maximum atomic E-state index is 12.2. The van der Waals surface area contributed by atoms with Gasteiger partial charge in [-0.05, 0) is 31.0 Å². The second-order valence-electron chi connectivity index (χ2n) is 4.75. The molecule has 1 saturated carbocycles. The van der Waals surface area contributed by atoms with Crippen LogP contribution in [0.15, 0.2) is 18.2 Å². The molecule has 0 aromatic heterocycles. The van der Waals surface area contributed by atoms with Crippen molar-refractivity contribution >= 4 is 29.0 Å². The third-order valence-corrected chi connectivity index (χ3v) is 3.97. The molecule has 1 aromatic rings. The van der Waals surface area contributed by atoms with Gasteiger partial charge in [0.15, 0.2) is 5.78 Å². The molecule has 0 heterocycles. The summed E-state index contributed by atoms with van der Waals surface area (Å²) in [5, 5.41) is 0.888. The van der Waals surface area contributed by atoms with Gasteiger partial charge < -0.3 is 4.74 Å². The van der Waals surface area contributed by atoms with E-state index in [2.05, 4.69) is 4.90 Å². The Morgan fingerprint density at radius 3 is 2.68 bits per heavy atom. The molecule has 0 unspecified atom stereocenters. The molecule has 0 aliphatic heterocycles. The number of nitrogens with zero attached hydrogens (tertiary/aromatic N) is 1. The molecular formula is C14H17Cl2NO2.